The van der Waals surface area contributed by atoms with Gasteiger partial charge in [0.25, 0.3) is 5.56 Å². The van der Waals surface area contributed by atoms with Crippen LogP contribution < -0.4 is 21.3 Å². The molecule has 1 aromatic carbocycles. The minimum absolute atomic E-state index is 0.0811. The van der Waals surface area contributed by atoms with E-state index >= 15 is 0 Å². The molecule has 0 saturated carbocycles. The minimum atomic E-state index is -0.742. The Morgan fingerprint density at radius 3 is 2.85 bits per heavy atom. The van der Waals surface area contributed by atoms with E-state index in [2.05, 4.69) is 5.32 Å². The summed E-state index contributed by atoms with van der Waals surface area (Å²) < 4.78 is 7.21. The third-order valence-electron chi connectivity index (χ3n) is 4.18. The molecule has 2 aromatic rings. The van der Waals surface area contributed by atoms with Gasteiger partial charge in [0.2, 0.25) is 5.91 Å². The third-order valence-corrected chi connectivity index (χ3v) is 4.47. The van der Waals surface area contributed by atoms with Crippen LogP contribution in [0.5, 0.6) is 5.75 Å². The lowest BCUT2D eigenvalue weighted by molar-refractivity contribution is -0.116. The lowest BCUT2D eigenvalue weighted by Gasteiger charge is -2.11. The monoisotopic (exact) mass is 374 g/mol. The molecule has 3 rings (SSSR count). The number of nitrogens with one attached hydrogen (secondary N) is 1. The van der Waals surface area contributed by atoms with Gasteiger partial charge in [-0.3, -0.25) is 14.2 Å². The first kappa shape index (κ1) is 17.8. The van der Waals surface area contributed by atoms with Crippen LogP contribution in [-0.4, -0.2) is 22.2 Å². The highest BCUT2D eigenvalue weighted by Crippen LogP contribution is 2.27. The Bertz CT molecular complexity index is 1050. The highest BCUT2D eigenvalue weighted by Gasteiger charge is 2.23. The highest BCUT2D eigenvalue weighted by molar-refractivity contribution is 6.32. The number of aromatic nitrogens is 2. The van der Waals surface area contributed by atoms with Crippen molar-refractivity contribution in [2.45, 2.75) is 25.9 Å². The van der Waals surface area contributed by atoms with Gasteiger partial charge >= 0.3 is 5.69 Å². The zero-order chi connectivity index (χ0) is 18.8. The summed E-state index contributed by atoms with van der Waals surface area (Å²) in [5, 5.41) is 12.1. The molecule has 1 aromatic heterocycles. The second-order valence-electron chi connectivity index (χ2n) is 5.76. The van der Waals surface area contributed by atoms with E-state index in [0.717, 1.165) is 4.57 Å². The van der Waals surface area contributed by atoms with Crippen LogP contribution in [0.4, 0.5) is 5.69 Å². The highest BCUT2D eigenvalue weighted by atomic mass is 35.5. The van der Waals surface area contributed by atoms with Gasteiger partial charge in [0.05, 0.1) is 12.1 Å². The van der Waals surface area contributed by atoms with E-state index < -0.39 is 23.7 Å². The zero-order valence-electron chi connectivity index (χ0n) is 13.9. The SMILES string of the molecule is COc1ccc(NC(=O)Cn2c(=O)c(C#N)c3n(c2=O)CCC3)cc1Cl. The number of halogens is 1. The van der Waals surface area contributed by atoms with E-state index in [9.17, 15) is 19.6 Å². The van der Waals surface area contributed by atoms with Crippen LogP contribution in [0.15, 0.2) is 27.8 Å². The Kier molecular flexibility index (Phi) is 4.82. The van der Waals surface area contributed by atoms with Gasteiger partial charge < -0.3 is 10.1 Å². The van der Waals surface area contributed by atoms with Gasteiger partial charge in [-0.2, -0.15) is 5.26 Å². The molecule has 0 radical (unpaired) electrons. The van der Waals surface area contributed by atoms with Gasteiger partial charge in [0.15, 0.2) is 0 Å². The van der Waals surface area contributed by atoms with Crippen molar-refractivity contribution in [1.29, 1.82) is 5.26 Å². The Morgan fingerprint density at radius 1 is 1.42 bits per heavy atom. The van der Waals surface area contributed by atoms with Crippen molar-refractivity contribution >= 4 is 23.2 Å². The number of carbonyl (C=O) groups is 1. The number of carbonyl (C=O) groups excluding carboxylic acids is 1. The van der Waals surface area contributed by atoms with Crippen molar-refractivity contribution in [2.24, 2.45) is 0 Å². The summed E-state index contributed by atoms with van der Waals surface area (Å²) in [6.45, 7) is -0.0604. The number of fused-ring (bicyclic) bond motifs is 1. The number of nitrogens with zero attached hydrogens (tertiary/aromatic N) is 3. The van der Waals surface area contributed by atoms with Crippen LogP contribution in [0.3, 0.4) is 0 Å². The zero-order valence-corrected chi connectivity index (χ0v) is 14.7. The van der Waals surface area contributed by atoms with E-state index in [-0.39, 0.29) is 5.56 Å². The van der Waals surface area contributed by atoms with E-state index in [1.807, 2.05) is 6.07 Å². The van der Waals surface area contributed by atoms with E-state index in [1.165, 1.54) is 17.7 Å². The first-order valence-corrected chi connectivity index (χ1v) is 8.24. The molecule has 0 atom stereocenters. The molecule has 1 aliphatic heterocycles. The van der Waals surface area contributed by atoms with E-state index in [0.29, 0.717) is 41.5 Å². The number of hydrogen-bond acceptors (Lipinski definition) is 5. The molecular formula is C17H15ClN4O4. The van der Waals surface area contributed by atoms with Crippen molar-refractivity contribution in [3.8, 4) is 11.8 Å². The minimum Gasteiger partial charge on any atom is -0.495 e. The number of methoxy groups -OCH3 is 1. The van der Waals surface area contributed by atoms with E-state index in [1.54, 1.807) is 12.1 Å². The molecule has 26 heavy (non-hydrogen) atoms. The number of rotatable bonds is 4. The number of anilines is 1. The summed E-state index contributed by atoms with van der Waals surface area (Å²) >= 11 is 6.01. The van der Waals surface area contributed by atoms with Crippen molar-refractivity contribution in [2.75, 3.05) is 12.4 Å². The smallest absolute Gasteiger partial charge is 0.331 e. The van der Waals surface area contributed by atoms with Crippen LogP contribution in [0.25, 0.3) is 0 Å². The van der Waals surface area contributed by atoms with Crippen LogP contribution in [0.1, 0.15) is 17.7 Å². The molecule has 9 heteroatoms. The molecule has 0 saturated heterocycles. The van der Waals surface area contributed by atoms with Crippen molar-refractivity contribution in [1.82, 2.24) is 9.13 Å². The van der Waals surface area contributed by atoms with Crippen LogP contribution >= 0.6 is 11.6 Å². The maximum Gasteiger partial charge on any atom is 0.331 e. The largest absolute Gasteiger partial charge is 0.495 e. The molecular weight excluding hydrogens is 360 g/mol. The summed E-state index contributed by atoms with van der Waals surface area (Å²) in [7, 11) is 1.47. The van der Waals surface area contributed by atoms with Gasteiger partial charge in [-0.15, -0.1) is 0 Å². The molecule has 1 amide bonds. The first-order valence-electron chi connectivity index (χ1n) is 7.86. The number of benzene rings is 1. The lowest BCUT2D eigenvalue weighted by atomic mass is 10.2. The number of hydrogen-bond donors (Lipinski definition) is 1. The molecule has 1 aliphatic rings. The Labute approximate surface area is 153 Å². The fourth-order valence-corrected chi connectivity index (χ4v) is 3.23. The fraction of sp³-hybridized carbons (Fsp3) is 0.294. The molecule has 0 spiro atoms. The summed E-state index contributed by atoms with van der Waals surface area (Å²) in [5.74, 6) is -0.121. The van der Waals surface area contributed by atoms with Gasteiger partial charge in [0.1, 0.15) is 23.9 Å². The second kappa shape index (κ2) is 7.06. The summed E-state index contributed by atoms with van der Waals surface area (Å²) in [5.41, 5.74) is -0.558. The van der Waals surface area contributed by atoms with Crippen LogP contribution in [-0.2, 0) is 24.3 Å². The molecule has 0 aliphatic carbocycles. The Balaban J connectivity index is 1.89. The van der Waals surface area contributed by atoms with Crippen molar-refractivity contribution < 1.29 is 9.53 Å². The quantitative estimate of drug-likeness (QED) is 0.863. The molecule has 0 unspecified atom stereocenters. The predicted octanol–water partition coefficient (Wildman–Crippen LogP) is 1.13. The lowest BCUT2D eigenvalue weighted by Crippen LogP contribution is -2.44. The van der Waals surface area contributed by atoms with Crippen LogP contribution in [0.2, 0.25) is 5.02 Å². The standard InChI is InChI=1S/C17H15ClN4O4/c1-26-14-5-4-10(7-12(14)18)20-15(23)9-22-16(24)11(8-19)13-3-2-6-21(13)17(22)25/h4-5,7H,2-3,6,9H2,1H3,(H,20,23). The van der Waals surface area contributed by atoms with Gasteiger partial charge in [-0.05, 0) is 31.0 Å². The number of amides is 1. The third kappa shape index (κ3) is 3.09. The Morgan fingerprint density at radius 2 is 2.19 bits per heavy atom. The normalized spacial score (nSPS) is 12.3. The average molecular weight is 375 g/mol. The van der Waals surface area contributed by atoms with Gasteiger partial charge in [-0.1, -0.05) is 11.6 Å². The molecule has 0 bridgehead atoms. The van der Waals surface area contributed by atoms with Gasteiger partial charge in [0, 0.05) is 17.9 Å². The van der Waals surface area contributed by atoms with Crippen LogP contribution in [0, 0.1) is 11.3 Å². The summed E-state index contributed by atoms with van der Waals surface area (Å²) in [4.78, 5) is 37.2. The van der Waals surface area contributed by atoms with Crippen molar-refractivity contribution in [3.63, 3.8) is 0 Å². The fourth-order valence-electron chi connectivity index (χ4n) is 2.98. The topological polar surface area (TPSA) is 106 Å². The molecule has 134 valence electrons. The maximum atomic E-state index is 12.5. The molecule has 0 fully saturated rings. The molecule has 8 nitrogen and oxygen atoms in total. The number of ether oxygens (including phenoxy) is 1. The summed E-state index contributed by atoms with van der Waals surface area (Å²) in [6, 6.07) is 6.52. The second-order valence-corrected chi connectivity index (χ2v) is 6.17. The van der Waals surface area contributed by atoms with Crippen molar-refractivity contribution in [3.05, 3.63) is 55.3 Å². The van der Waals surface area contributed by atoms with E-state index in [4.69, 9.17) is 16.3 Å². The summed E-state index contributed by atoms with van der Waals surface area (Å²) in [6.07, 6.45) is 1.19. The molecule has 2 heterocycles. The average Bonchev–Trinajstić information content (AvgIpc) is 3.09. The Hall–Kier alpha value is -3.05. The first-order chi connectivity index (χ1) is 12.5. The van der Waals surface area contributed by atoms with Gasteiger partial charge in [-0.25, -0.2) is 9.36 Å². The number of nitriles is 1. The molecule has 1 N–H and O–H groups in total. The predicted molar refractivity (Wildman–Crippen MR) is 94.6 cm³/mol. The maximum absolute atomic E-state index is 12.5.